The summed E-state index contributed by atoms with van der Waals surface area (Å²) in [7, 11) is 0. The molecule has 0 unspecified atom stereocenters. The third-order valence-electron chi connectivity index (χ3n) is 2.39. The number of aromatic amines is 1. The van der Waals surface area contributed by atoms with Crippen molar-refractivity contribution in [3.05, 3.63) is 61.6 Å². The van der Waals surface area contributed by atoms with E-state index in [-0.39, 0.29) is 5.56 Å². The van der Waals surface area contributed by atoms with E-state index in [9.17, 15) is 9.59 Å². The molecule has 0 amide bonds. The maximum atomic E-state index is 11.6. The quantitative estimate of drug-likeness (QED) is 0.864. The number of hydrogen-bond acceptors (Lipinski definition) is 3. The number of pyridine rings is 1. The number of nitrogens with one attached hydrogen (secondary N) is 1. The summed E-state index contributed by atoms with van der Waals surface area (Å²) in [6.45, 7) is 1.95. The molecule has 0 aliphatic rings. The maximum absolute atomic E-state index is 11.6. The van der Waals surface area contributed by atoms with Crippen molar-refractivity contribution in [1.82, 2.24) is 14.5 Å². The Morgan fingerprint density at radius 1 is 1.47 bits per heavy atom. The van der Waals surface area contributed by atoms with E-state index < -0.39 is 5.69 Å². The molecule has 5 nitrogen and oxygen atoms in total. The Morgan fingerprint density at radius 2 is 2.24 bits per heavy atom. The van der Waals surface area contributed by atoms with Crippen LogP contribution in [0.4, 0.5) is 0 Å². The second-order valence-electron chi connectivity index (χ2n) is 3.67. The van der Waals surface area contributed by atoms with Crippen molar-refractivity contribution in [3.8, 4) is 0 Å². The molecule has 2 rings (SSSR count). The molecule has 2 heterocycles. The number of nitrogens with zero attached hydrogens (tertiary/aromatic N) is 2. The standard InChI is InChI=1S/C11H10ClN3O2/c1-7-5-15(11(17)14-10(7)16)6-8-2-3-13-4-9(8)12/h2-5H,6H2,1H3,(H,14,16,17). The molecule has 0 saturated heterocycles. The molecule has 2 aromatic heterocycles. The molecule has 2 aromatic rings. The van der Waals surface area contributed by atoms with Gasteiger partial charge in [-0.05, 0) is 18.6 Å². The van der Waals surface area contributed by atoms with Crippen LogP contribution in [0.2, 0.25) is 5.02 Å². The van der Waals surface area contributed by atoms with E-state index in [1.807, 2.05) is 0 Å². The van der Waals surface area contributed by atoms with Gasteiger partial charge in [-0.15, -0.1) is 0 Å². The Labute approximate surface area is 102 Å². The van der Waals surface area contributed by atoms with Crippen LogP contribution in [0.25, 0.3) is 0 Å². The Balaban J connectivity index is 2.44. The van der Waals surface area contributed by atoms with Crippen LogP contribution in [0.5, 0.6) is 0 Å². The highest BCUT2D eigenvalue weighted by Crippen LogP contribution is 2.13. The van der Waals surface area contributed by atoms with Gasteiger partial charge >= 0.3 is 5.69 Å². The zero-order valence-corrected chi connectivity index (χ0v) is 9.86. The van der Waals surface area contributed by atoms with Crippen LogP contribution in [0.15, 0.2) is 34.2 Å². The minimum atomic E-state index is -0.450. The minimum Gasteiger partial charge on any atom is -0.296 e. The molecule has 17 heavy (non-hydrogen) atoms. The van der Waals surface area contributed by atoms with Crippen molar-refractivity contribution >= 4 is 11.6 Å². The molecule has 0 fully saturated rings. The van der Waals surface area contributed by atoms with Crippen LogP contribution in [0.1, 0.15) is 11.1 Å². The third kappa shape index (κ3) is 2.45. The Hall–Kier alpha value is -1.88. The van der Waals surface area contributed by atoms with E-state index in [1.54, 1.807) is 19.2 Å². The van der Waals surface area contributed by atoms with Crippen LogP contribution in [-0.2, 0) is 6.54 Å². The highest BCUT2D eigenvalue weighted by molar-refractivity contribution is 6.31. The van der Waals surface area contributed by atoms with E-state index in [4.69, 9.17) is 11.6 Å². The molecule has 0 aromatic carbocycles. The number of halogens is 1. The van der Waals surface area contributed by atoms with Gasteiger partial charge in [0.05, 0.1) is 11.6 Å². The van der Waals surface area contributed by atoms with Crippen LogP contribution >= 0.6 is 11.6 Å². The average Bonchev–Trinajstić information content (AvgIpc) is 2.29. The molecule has 0 saturated carbocycles. The van der Waals surface area contributed by atoms with Gasteiger partial charge < -0.3 is 0 Å². The van der Waals surface area contributed by atoms with Gasteiger partial charge in [0.25, 0.3) is 5.56 Å². The zero-order chi connectivity index (χ0) is 12.4. The van der Waals surface area contributed by atoms with Gasteiger partial charge in [0.1, 0.15) is 0 Å². The SMILES string of the molecule is Cc1cn(Cc2ccncc2Cl)c(=O)[nH]c1=O. The van der Waals surface area contributed by atoms with Crippen LogP contribution in [0.3, 0.4) is 0 Å². The summed E-state index contributed by atoms with van der Waals surface area (Å²) in [5, 5.41) is 0.489. The molecule has 0 aliphatic carbocycles. The van der Waals surface area contributed by atoms with Gasteiger partial charge in [0.2, 0.25) is 0 Å². The first-order valence-corrected chi connectivity index (χ1v) is 5.34. The van der Waals surface area contributed by atoms with E-state index >= 15 is 0 Å². The molecular weight excluding hydrogens is 242 g/mol. The monoisotopic (exact) mass is 251 g/mol. The first kappa shape index (κ1) is 11.6. The lowest BCUT2D eigenvalue weighted by Crippen LogP contribution is -2.31. The summed E-state index contributed by atoms with van der Waals surface area (Å²) in [6.07, 6.45) is 4.63. The predicted molar refractivity (Wildman–Crippen MR) is 64.4 cm³/mol. The molecule has 1 N–H and O–H groups in total. The van der Waals surface area contributed by atoms with Gasteiger partial charge in [-0.3, -0.25) is 19.3 Å². The van der Waals surface area contributed by atoms with Crippen molar-refractivity contribution in [3.63, 3.8) is 0 Å². The molecule has 6 heteroatoms. The number of H-pyrrole nitrogens is 1. The number of aromatic nitrogens is 3. The fraction of sp³-hybridized carbons (Fsp3) is 0.182. The zero-order valence-electron chi connectivity index (χ0n) is 9.11. The summed E-state index contributed by atoms with van der Waals surface area (Å²) in [5.74, 6) is 0. The van der Waals surface area contributed by atoms with Gasteiger partial charge in [-0.1, -0.05) is 11.6 Å². The summed E-state index contributed by atoms with van der Waals surface area (Å²) in [5.41, 5.74) is 0.436. The third-order valence-corrected chi connectivity index (χ3v) is 2.73. The van der Waals surface area contributed by atoms with Gasteiger partial charge in [0, 0.05) is 24.2 Å². The molecule has 88 valence electrons. The fourth-order valence-corrected chi connectivity index (χ4v) is 1.63. The summed E-state index contributed by atoms with van der Waals surface area (Å²) < 4.78 is 1.40. The van der Waals surface area contributed by atoms with Crippen molar-refractivity contribution in [2.24, 2.45) is 0 Å². The minimum absolute atomic E-state index is 0.303. The number of rotatable bonds is 2. The first-order chi connectivity index (χ1) is 8.08. The molecular formula is C11H10ClN3O2. The van der Waals surface area contributed by atoms with Crippen molar-refractivity contribution in [2.45, 2.75) is 13.5 Å². The Kier molecular flexibility index (Phi) is 3.10. The van der Waals surface area contributed by atoms with E-state index in [0.29, 0.717) is 17.1 Å². The molecule has 0 aliphatic heterocycles. The highest BCUT2D eigenvalue weighted by atomic mass is 35.5. The van der Waals surface area contributed by atoms with Crippen LogP contribution in [-0.4, -0.2) is 14.5 Å². The summed E-state index contributed by atoms with van der Waals surface area (Å²) in [4.78, 5) is 28.9. The second-order valence-corrected chi connectivity index (χ2v) is 4.07. The predicted octanol–water partition coefficient (Wildman–Crippen LogP) is 0.942. The maximum Gasteiger partial charge on any atom is 0.328 e. The van der Waals surface area contributed by atoms with E-state index in [1.165, 1.54) is 17.0 Å². The largest absolute Gasteiger partial charge is 0.328 e. The van der Waals surface area contributed by atoms with Crippen molar-refractivity contribution < 1.29 is 0 Å². The number of hydrogen-bond donors (Lipinski definition) is 1. The fourth-order valence-electron chi connectivity index (χ4n) is 1.45. The highest BCUT2D eigenvalue weighted by Gasteiger charge is 2.04. The Morgan fingerprint density at radius 3 is 2.94 bits per heavy atom. The van der Waals surface area contributed by atoms with Crippen molar-refractivity contribution in [2.75, 3.05) is 0 Å². The van der Waals surface area contributed by atoms with E-state index in [2.05, 4.69) is 9.97 Å². The summed E-state index contributed by atoms with van der Waals surface area (Å²) in [6, 6.07) is 1.73. The lowest BCUT2D eigenvalue weighted by atomic mass is 10.2. The summed E-state index contributed by atoms with van der Waals surface area (Å²) >= 11 is 5.95. The molecule has 0 bridgehead atoms. The topological polar surface area (TPSA) is 67.8 Å². The number of aryl methyl sites for hydroxylation is 1. The Bertz CT molecular complexity index is 660. The normalized spacial score (nSPS) is 10.5. The molecule has 0 atom stereocenters. The van der Waals surface area contributed by atoms with Gasteiger partial charge in [0.15, 0.2) is 0 Å². The molecule has 0 spiro atoms. The molecule has 0 radical (unpaired) electrons. The van der Waals surface area contributed by atoms with E-state index in [0.717, 1.165) is 5.56 Å². The smallest absolute Gasteiger partial charge is 0.296 e. The van der Waals surface area contributed by atoms with Crippen LogP contribution in [0, 0.1) is 6.92 Å². The lowest BCUT2D eigenvalue weighted by molar-refractivity contribution is 0.713. The van der Waals surface area contributed by atoms with Gasteiger partial charge in [-0.25, -0.2) is 4.79 Å². The average molecular weight is 252 g/mol. The first-order valence-electron chi connectivity index (χ1n) is 4.96. The second kappa shape index (κ2) is 4.55. The van der Waals surface area contributed by atoms with Gasteiger partial charge in [-0.2, -0.15) is 0 Å². The lowest BCUT2D eigenvalue weighted by Gasteiger charge is -2.07. The van der Waals surface area contributed by atoms with Crippen molar-refractivity contribution in [1.29, 1.82) is 0 Å². The van der Waals surface area contributed by atoms with Crippen LogP contribution < -0.4 is 11.2 Å².